The Balaban J connectivity index is 1.63. The number of alkyl halides is 3. The van der Waals surface area contributed by atoms with Gasteiger partial charge in [-0.05, 0) is 37.1 Å². The average molecular weight is 430 g/mol. The van der Waals surface area contributed by atoms with Crippen LogP contribution in [0, 0.1) is 0 Å². The Morgan fingerprint density at radius 1 is 1.26 bits per heavy atom. The Labute approximate surface area is 179 Å². The molecule has 6 nitrogen and oxygen atoms in total. The maximum atomic E-state index is 13.2. The minimum atomic E-state index is -4.36. The zero-order valence-electron chi connectivity index (χ0n) is 17.3. The minimum absolute atomic E-state index is 0.0970. The smallest absolute Gasteiger partial charge is 0.373 e. The summed E-state index contributed by atoms with van der Waals surface area (Å²) in [5.74, 6) is 1.94. The van der Waals surface area contributed by atoms with Crippen LogP contribution in [0.15, 0.2) is 55.5 Å². The van der Waals surface area contributed by atoms with Crippen LogP contribution < -0.4 is 20.4 Å². The highest BCUT2D eigenvalue weighted by Gasteiger charge is 2.40. The number of pyridine rings is 2. The lowest BCUT2D eigenvalue weighted by atomic mass is 10.1. The van der Waals surface area contributed by atoms with Gasteiger partial charge in [0.2, 0.25) is 0 Å². The largest absolute Gasteiger partial charge is 0.408 e. The molecule has 2 bridgehead atoms. The molecule has 0 radical (unpaired) electrons. The monoisotopic (exact) mass is 430 g/mol. The molecule has 2 aliphatic rings. The van der Waals surface area contributed by atoms with Crippen molar-refractivity contribution in [1.82, 2.24) is 15.3 Å². The van der Waals surface area contributed by atoms with Crippen LogP contribution in [0.25, 0.3) is 5.70 Å². The Morgan fingerprint density at radius 2 is 2.06 bits per heavy atom. The van der Waals surface area contributed by atoms with Gasteiger partial charge < -0.3 is 20.4 Å². The third-order valence-corrected chi connectivity index (χ3v) is 5.64. The topological polar surface area (TPSA) is 56.3 Å². The normalized spacial score (nSPS) is 18.4. The zero-order chi connectivity index (χ0) is 22.2. The van der Waals surface area contributed by atoms with Gasteiger partial charge in [0, 0.05) is 19.3 Å². The van der Waals surface area contributed by atoms with Gasteiger partial charge in [0.25, 0.3) is 0 Å². The third kappa shape index (κ3) is 4.17. The van der Waals surface area contributed by atoms with E-state index in [2.05, 4.69) is 33.7 Å². The lowest BCUT2D eigenvalue weighted by Crippen LogP contribution is -2.44. The Morgan fingerprint density at radius 3 is 2.74 bits per heavy atom. The van der Waals surface area contributed by atoms with E-state index in [4.69, 9.17) is 4.98 Å². The third-order valence-electron chi connectivity index (χ3n) is 5.64. The standard InChI is InChI=1S/C22H25F3N6/c1-4-19(22(23,24)25)27-14(2)17-8-9-18-21(29-17)31(16-10-12-30(18)13-16)15(3)28-20-7-5-6-11-26-20/h5-9,11,16,19,27H,2-4,10,12-13H2,1H3,(H,26,28)/t16-,19+/m0/s1. The van der Waals surface area contributed by atoms with Crippen molar-refractivity contribution < 1.29 is 13.2 Å². The fourth-order valence-electron chi connectivity index (χ4n) is 4.07. The van der Waals surface area contributed by atoms with Crippen LogP contribution in [0.2, 0.25) is 0 Å². The Hall–Kier alpha value is -3.23. The minimum Gasteiger partial charge on any atom is -0.373 e. The lowest BCUT2D eigenvalue weighted by Gasteiger charge is -2.38. The fourth-order valence-corrected chi connectivity index (χ4v) is 4.07. The van der Waals surface area contributed by atoms with Crippen molar-refractivity contribution in [1.29, 1.82) is 0 Å². The number of nitrogens with zero attached hydrogens (tertiary/aromatic N) is 4. The van der Waals surface area contributed by atoms with Gasteiger partial charge in [-0.25, -0.2) is 9.97 Å². The van der Waals surface area contributed by atoms with Gasteiger partial charge in [-0.2, -0.15) is 13.2 Å². The molecule has 4 heterocycles. The number of hydrogen-bond donors (Lipinski definition) is 2. The van der Waals surface area contributed by atoms with Crippen molar-refractivity contribution >= 4 is 23.0 Å². The molecule has 2 N–H and O–H groups in total. The van der Waals surface area contributed by atoms with E-state index in [1.165, 1.54) is 6.92 Å². The van der Waals surface area contributed by atoms with Gasteiger partial charge in [0.15, 0.2) is 5.82 Å². The van der Waals surface area contributed by atoms with E-state index in [1.54, 1.807) is 12.3 Å². The molecule has 1 saturated heterocycles. The number of fused-ring (bicyclic) bond motifs is 4. The SMILES string of the molecule is C=C(N[C@H](CC)C(F)(F)F)c1ccc2c(n1)N(C(=C)Nc1ccccn1)[C@H]1CCN2C1. The maximum Gasteiger partial charge on any atom is 0.408 e. The predicted octanol–water partition coefficient (Wildman–Crippen LogP) is 4.36. The molecule has 9 heteroatoms. The molecule has 2 aromatic rings. The molecule has 2 atom stereocenters. The molecule has 4 rings (SSSR count). The first-order valence-corrected chi connectivity index (χ1v) is 10.2. The summed E-state index contributed by atoms with van der Waals surface area (Å²) in [7, 11) is 0. The van der Waals surface area contributed by atoms with Gasteiger partial charge in [0.05, 0.1) is 23.1 Å². The van der Waals surface area contributed by atoms with Crippen LogP contribution in [0.3, 0.4) is 0 Å². The second kappa shape index (κ2) is 8.13. The lowest BCUT2D eigenvalue weighted by molar-refractivity contribution is -0.153. The van der Waals surface area contributed by atoms with E-state index in [0.717, 1.165) is 25.2 Å². The zero-order valence-corrected chi connectivity index (χ0v) is 17.3. The van der Waals surface area contributed by atoms with Crippen LogP contribution in [0.1, 0.15) is 25.5 Å². The molecule has 2 aromatic heterocycles. The summed E-state index contributed by atoms with van der Waals surface area (Å²) in [4.78, 5) is 13.2. The summed E-state index contributed by atoms with van der Waals surface area (Å²) in [5.41, 5.74) is 1.44. The first kappa shape index (κ1) is 21.0. The van der Waals surface area contributed by atoms with Crippen molar-refractivity contribution in [2.45, 2.75) is 38.0 Å². The highest BCUT2D eigenvalue weighted by atomic mass is 19.4. The van der Waals surface area contributed by atoms with E-state index in [9.17, 15) is 13.2 Å². The summed E-state index contributed by atoms with van der Waals surface area (Å²) in [6.07, 6.45) is -1.84. The predicted molar refractivity (Wildman–Crippen MR) is 117 cm³/mol. The van der Waals surface area contributed by atoms with E-state index in [1.807, 2.05) is 29.2 Å². The molecule has 2 aliphatic heterocycles. The first-order valence-electron chi connectivity index (χ1n) is 10.2. The van der Waals surface area contributed by atoms with E-state index in [-0.39, 0.29) is 18.2 Å². The van der Waals surface area contributed by atoms with Crippen LogP contribution >= 0.6 is 0 Å². The molecule has 0 amide bonds. The molecule has 31 heavy (non-hydrogen) atoms. The second-order valence-corrected chi connectivity index (χ2v) is 7.71. The molecular weight excluding hydrogens is 405 g/mol. The number of nitrogens with one attached hydrogen (secondary N) is 2. The van der Waals surface area contributed by atoms with Gasteiger partial charge in [-0.1, -0.05) is 26.1 Å². The summed E-state index contributed by atoms with van der Waals surface area (Å²) < 4.78 is 39.6. The number of anilines is 3. The molecule has 0 unspecified atom stereocenters. The quantitative estimate of drug-likeness (QED) is 0.681. The number of aromatic nitrogens is 2. The number of halogens is 3. The van der Waals surface area contributed by atoms with Crippen LogP contribution in [0.4, 0.5) is 30.5 Å². The van der Waals surface area contributed by atoms with Gasteiger partial charge >= 0.3 is 6.18 Å². The summed E-state index contributed by atoms with van der Waals surface area (Å²) in [6.45, 7) is 11.2. The van der Waals surface area contributed by atoms with E-state index in [0.29, 0.717) is 23.2 Å². The maximum absolute atomic E-state index is 13.2. The number of rotatable bonds is 7. The highest BCUT2D eigenvalue weighted by Crippen LogP contribution is 2.41. The first-order chi connectivity index (χ1) is 14.8. The van der Waals surface area contributed by atoms with Crippen LogP contribution in [0.5, 0.6) is 0 Å². The molecule has 0 spiro atoms. The molecular formula is C22H25F3N6. The van der Waals surface area contributed by atoms with Crippen molar-refractivity contribution in [3.05, 3.63) is 61.2 Å². The molecule has 0 aliphatic carbocycles. The van der Waals surface area contributed by atoms with Crippen LogP contribution in [-0.2, 0) is 0 Å². The van der Waals surface area contributed by atoms with E-state index < -0.39 is 12.2 Å². The summed E-state index contributed by atoms with van der Waals surface area (Å²) in [5, 5.41) is 5.71. The number of hydrogen-bond acceptors (Lipinski definition) is 6. The van der Waals surface area contributed by atoms with Crippen molar-refractivity contribution in [3.8, 4) is 0 Å². The Bertz CT molecular complexity index is 975. The van der Waals surface area contributed by atoms with Gasteiger partial charge in [0.1, 0.15) is 17.7 Å². The Kier molecular flexibility index (Phi) is 5.51. The molecule has 1 fully saturated rings. The molecule has 0 aromatic carbocycles. The van der Waals surface area contributed by atoms with Gasteiger partial charge in [-0.15, -0.1) is 0 Å². The van der Waals surface area contributed by atoms with Crippen molar-refractivity contribution in [2.24, 2.45) is 0 Å². The van der Waals surface area contributed by atoms with Gasteiger partial charge in [-0.3, -0.25) is 0 Å². The van der Waals surface area contributed by atoms with Crippen LogP contribution in [-0.4, -0.2) is 41.3 Å². The summed E-state index contributed by atoms with van der Waals surface area (Å²) >= 11 is 0. The second-order valence-electron chi connectivity index (χ2n) is 7.71. The molecule has 164 valence electrons. The van der Waals surface area contributed by atoms with Crippen molar-refractivity contribution in [2.75, 3.05) is 28.2 Å². The van der Waals surface area contributed by atoms with E-state index >= 15 is 0 Å². The average Bonchev–Trinajstić information content (AvgIpc) is 3.15. The van der Waals surface area contributed by atoms with Crippen molar-refractivity contribution in [3.63, 3.8) is 0 Å². The highest BCUT2D eigenvalue weighted by molar-refractivity contribution is 5.77. The summed E-state index contributed by atoms with van der Waals surface area (Å²) in [6, 6.07) is 7.64. The molecule has 0 saturated carbocycles. The fraction of sp³-hybridized carbons (Fsp3) is 0.364.